The molecule has 1 fully saturated rings. The monoisotopic (exact) mass is 466 g/mol. The Balaban J connectivity index is 1.92. The zero-order valence-electron chi connectivity index (χ0n) is 16.0. The third-order valence-corrected chi connectivity index (χ3v) is 8.02. The highest BCUT2D eigenvalue weighted by molar-refractivity contribution is 7.91. The number of hydrogen-bond acceptors (Lipinski definition) is 7. The minimum Gasteiger partial charge on any atom is -0.454 e. The molecule has 162 valence electrons. The molecule has 1 amide bonds. The average molecular weight is 467 g/mol. The quantitative estimate of drug-likeness (QED) is 0.555. The lowest BCUT2D eigenvalue weighted by Gasteiger charge is -2.26. The Labute approximate surface area is 175 Å². The smallest absolute Gasteiger partial charge is 0.324 e. The van der Waals surface area contributed by atoms with Gasteiger partial charge in [0.2, 0.25) is 10.0 Å². The van der Waals surface area contributed by atoms with E-state index in [1.165, 1.54) is 36.1 Å². The van der Waals surface area contributed by atoms with Gasteiger partial charge in [-0.1, -0.05) is 11.6 Å². The van der Waals surface area contributed by atoms with Gasteiger partial charge in [-0.05, 0) is 44.5 Å². The Hall–Kier alpha value is -1.69. The van der Waals surface area contributed by atoms with Gasteiger partial charge in [0.25, 0.3) is 5.91 Å². The second-order valence-corrected chi connectivity index (χ2v) is 11.0. The van der Waals surface area contributed by atoms with Crippen LogP contribution in [-0.4, -0.2) is 70.4 Å². The summed E-state index contributed by atoms with van der Waals surface area (Å²) in [5.41, 5.74) is 0. The summed E-state index contributed by atoms with van der Waals surface area (Å²) >= 11 is 5.73. The number of esters is 1. The Morgan fingerprint density at radius 2 is 1.93 bits per heavy atom. The van der Waals surface area contributed by atoms with Crippen LogP contribution in [0.5, 0.6) is 0 Å². The zero-order valence-corrected chi connectivity index (χ0v) is 18.4. The van der Waals surface area contributed by atoms with Gasteiger partial charge in [-0.25, -0.2) is 16.8 Å². The number of rotatable bonds is 8. The van der Waals surface area contributed by atoms with Gasteiger partial charge in [-0.2, -0.15) is 4.72 Å². The molecule has 9 nitrogen and oxygen atoms in total. The molecular weight excluding hydrogens is 444 g/mol. The Bertz CT molecular complexity index is 962. The van der Waals surface area contributed by atoms with E-state index in [9.17, 15) is 26.4 Å². The highest BCUT2D eigenvalue weighted by Crippen LogP contribution is 2.18. The lowest BCUT2D eigenvalue weighted by molar-refractivity contribution is -0.153. The molecule has 12 heteroatoms. The first-order valence-electron chi connectivity index (χ1n) is 8.89. The van der Waals surface area contributed by atoms with Crippen molar-refractivity contribution in [3.05, 3.63) is 29.3 Å². The van der Waals surface area contributed by atoms with Gasteiger partial charge in [0.15, 0.2) is 16.4 Å². The maximum atomic E-state index is 12.3. The zero-order chi connectivity index (χ0) is 21.8. The summed E-state index contributed by atoms with van der Waals surface area (Å²) in [5, 5.41) is 0.366. The van der Waals surface area contributed by atoms with Crippen molar-refractivity contribution in [1.29, 1.82) is 0 Å². The van der Waals surface area contributed by atoms with Crippen LogP contribution in [0.1, 0.15) is 20.3 Å². The van der Waals surface area contributed by atoms with Crippen LogP contribution >= 0.6 is 11.6 Å². The van der Waals surface area contributed by atoms with E-state index >= 15 is 0 Å². The van der Waals surface area contributed by atoms with Crippen LogP contribution in [0, 0.1) is 0 Å². The number of amides is 1. The first kappa shape index (κ1) is 23.6. The molecule has 1 aliphatic heterocycles. The number of likely N-dealkylation sites (N-methyl/N-ethyl adjacent to an activating group) is 1. The Morgan fingerprint density at radius 1 is 1.31 bits per heavy atom. The van der Waals surface area contributed by atoms with E-state index in [1.807, 2.05) is 0 Å². The molecule has 0 bridgehead atoms. The molecule has 1 saturated heterocycles. The van der Waals surface area contributed by atoms with E-state index in [2.05, 4.69) is 4.72 Å². The third kappa shape index (κ3) is 6.39. The number of halogens is 1. The molecule has 0 saturated carbocycles. The van der Waals surface area contributed by atoms with Crippen LogP contribution in [0.2, 0.25) is 5.02 Å². The van der Waals surface area contributed by atoms with Crippen molar-refractivity contribution >= 4 is 43.3 Å². The van der Waals surface area contributed by atoms with Crippen molar-refractivity contribution in [3.63, 3.8) is 0 Å². The first-order valence-corrected chi connectivity index (χ1v) is 12.6. The number of benzene rings is 1. The normalized spacial score (nSPS) is 19.5. The summed E-state index contributed by atoms with van der Waals surface area (Å²) in [4.78, 5) is 25.7. The van der Waals surface area contributed by atoms with Crippen molar-refractivity contribution in [3.8, 4) is 0 Å². The van der Waals surface area contributed by atoms with E-state index in [0.717, 1.165) is 0 Å². The number of hydrogen-bond donors (Lipinski definition) is 1. The van der Waals surface area contributed by atoms with E-state index in [-0.39, 0.29) is 22.9 Å². The number of ether oxygens (including phenoxy) is 1. The lowest BCUT2D eigenvalue weighted by Crippen LogP contribution is -2.45. The molecule has 2 rings (SSSR count). The van der Waals surface area contributed by atoms with Crippen molar-refractivity contribution in [2.75, 3.05) is 24.7 Å². The molecule has 29 heavy (non-hydrogen) atoms. The second-order valence-electron chi connectivity index (χ2n) is 6.64. The molecule has 2 atom stereocenters. The number of carbonyl (C=O) groups is 2. The van der Waals surface area contributed by atoms with Crippen molar-refractivity contribution in [1.82, 2.24) is 9.62 Å². The third-order valence-electron chi connectivity index (χ3n) is 4.46. The summed E-state index contributed by atoms with van der Waals surface area (Å²) in [6.07, 6.45) is 0.340. The van der Waals surface area contributed by atoms with Gasteiger partial charge < -0.3 is 9.64 Å². The van der Waals surface area contributed by atoms with E-state index in [0.29, 0.717) is 11.4 Å². The van der Waals surface area contributed by atoms with Gasteiger partial charge in [0.1, 0.15) is 6.04 Å². The molecule has 1 aromatic carbocycles. The fourth-order valence-corrected chi connectivity index (χ4v) is 6.01. The van der Waals surface area contributed by atoms with Crippen LogP contribution < -0.4 is 4.72 Å². The largest absolute Gasteiger partial charge is 0.454 e. The Morgan fingerprint density at radius 3 is 2.45 bits per heavy atom. The summed E-state index contributed by atoms with van der Waals surface area (Å²) < 4.78 is 54.9. The molecule has 1 unspecified atom stereocenters. The minimum atomic E-state index is -3.98. The first-order chi connectivity index (χ1) is 13.4. The number of sulfonamides is 1. The number of sulfone groups is 1. The minimum absolute atomic E-state index is 0.0186. The Kier molecular flexibility index (Phi) is 7.66. The predicted molar refractivity (Wildman–Crippen MR) is 107 cm³/mol. The molecule has 0 radical (unpaired) electrons. The van der Waals surface area contributed by atoms with E-state index < -0.39 is 50.4 Å². The van der Waals surface area contributed by atoms with Crippen LogP contribution in [0.25, 0.3) is 0 Å². The lowest BCUT2D eigenvalue weighted by atomic mass is 10.2. The van der Waals surface area contributed by atoms with Gasteiger partial charge in [-0.3, -0.25) is 9.59 Å². The molecule has 1 aromatic rings. The summed E-state index contributed by atoms with van der Waals surface area (Å²) in [7, 11) is -7.14. The van der Waals surface area contributed by atoms with E-state index in [1.54, 1.807) is 6.92 Å². The molecule has 1 heterocycles. The molecule has 1 aliphatic rings. The number of nitrogens with one attached hydrogen (secondary N) is 1. The standard InChI is InChI=1S/C17H23ClN2O7S2/c1-3-20(14-8-9-28(23,24)11-14)16(21)10-27-17(22)12(2)19-29(25,26)15-6-4-13(18)5-7-15/h4-7,12,14,19H,3,8-11H2,1-2H3/t12-,14?/m0/s1. The van der Waals surface area contributed by atoms with Gasteiger partial charge in [0, 0.05) is 17.6 Å². The number of carbonyl (C=O) groups excluding carboxylic acids is 2. The molecule has 0 aliphatic carbocycles. The summed E-state index contributed by atoms with van der Waals surface area (Å²) in [6, 6.07) is 3.71. The van der Waals surface area contributed by atoms with Crippen molar-refractivity contribution < 1.29 is 31.2 Å². The second kappa shape index (κ2) is 9.41. The van der Waals surface area contributed by atoms with E-state index in [4.69, 9.17) is 16.3 Å². The van der Waals surface area contributed by atoms with Crippen molar-refractivity contribution in [2.24, 2.45) is 0 Å². The highest BCUT2D eigenvalue weighted by atomic mass is 35.5. The highest BCUT2D eigenvalue weighted by Gasteiger charge is 2.34. The van der Waals surface area contributed by atoms with Gasteiger partial charge in [-0.15, -0.1) is 0 Å². The predicted octanol–water partition coefficient (Wildman–Crippen LogP) is 0.586. The average Bonchev–Trinajstić information content (AvgIpc) is 2.99. The molecule has 1 N–H and O–H groups in total. The maximum Gasteiger partial charge on any atom is 0.324 e. The van der Waals surface area contributed by atoms with Crippen LogP contribution in [0.4, 0.5) is 0 Å². The van der Waals surface area contributed by atoms with Crippen LogP contribution in [0.15, 0.2) is 29.2 Å². The maximum absolute atomic E-state index is 12.3. The van der Waals surface area contributed by atoms with Crippen LogP contribution in [-0.2, 0) is 34.2 Å². The SMILES string of the molecule is CCN(C(=O)COC(=O)[C@H](C)NS(=O)(=O)c1ccc(Cl)cc1)C1CCS(=O)(=O)C1. The van der Waals surface area contributed by atoms with Gasteiger partial charge >= 0.3 is 5.97 Å². The molecular formula is C17H23ClN2O7S2. The summed E-state index contributed by atoms with van der Waals surface area (Å²) in [6.45, 7) is 2.67. The van der Waals surface area contributed by atoms with Gasteiger partial charge in [0.05, 0.1) is 16.4 Å². The fraction of sp³-hybridized carbons (Fsp3) is 0.529. The summed E-state index contributed by atoms with van der Waals surface area (Å²) in [5.74, 6) is -1.55. The van der Waals surface area contributed by atoms with Crippen LogP contribution in [0.3, 0.4) is 0 Å². The molecule has 0 spiro atoms. The van der Waals surface area contributed by atoms with Crippen molar-refractivity contribution in [2.45, 2.75) is 37.2 Å². The molecule has 0 aromatic heterocycles. The fourth-order valence-electron chi connectivity index (χ4n) is 2.96. The topological polar surface area (TPSA) is 127 Å². The number of nitrogens with zero attached hydrogens (tertiary/aromatic N) is 1.